The van der Waals surface area contributed by atoms with E-state index >= 15 is 0 Å². The standard InChI is InChI=1S/C11H21BO2/c1-2-3-4-6-10-9-11(10)12-13-7-5-8-14-12/h10-11H,2-9H2,1H3/t10-,11-/m0/s1. The Labute approximate surface area is 87.5 Å². The van der Waals surface area contributed by atoms with E-state index in [9.17, 15) is 0 Å². The average molecular weight is 196 g/mol. The first kappa shape index (κ1) is 10.5. The Morgan fingerprint density at radius 3 is 2.71 bits per heavy atom. The Balaban J connectivity index is 1.60. The SMILES string of the molecule is CCCCC[C@H]1C[C@@H]1B1OCCCO1. The topological polar surface area (TPSA) is 18.5 Å². The molecule has 1 heterocycles. The quantitative estimate of drug-likeness (QED) is 0.497. The summed E-state index contributed by atoms with van der Waals surface area (Å²) in [6.45, 7) is 4.07. The monoisotopic (exact) mass is 196 g/mol. The Kier molecular flexibility index (Phi) is 3.88. The van der Waals surface area contributed by atoms with Crippen LogP contribution in [0, 0.1) is 5.92 Å². The van der Waals surface area contributed by atoms with Gasteiger partial charge in [-0.05, 0) is 24.6 Å². The molecule has 14 heavy (non-hydrogen) atoms. The highest BCUT2D eigenvalue weighted by Gasteiger charge is 2.48. The fourth-order valence-corrected chi connectivity index (χ4v) is 2.35. The van der Waals surface area contributed by atoms with Gasteiger partial charge in [-0.3, -0.25) is 0 Å². The van der Waals surface area contributed by atoms with Crippen LogP contribution in [0.1, 0.15) is 45.4 Å². The molecule has 0 aromatic carbocycles. The van der Waals surface area contributed by atoms with E-state index in [1.165, 1.54) is 32.1 Å². The van der Waals surface area contributed by atoms with Crippen LogP contribution in [0.5, 0.6) is 0 Å². The largest absolute Gasteiger partial charge is 0.460 e. The number of unbranched alkanes of at least 4 members (excludes halogenated alkanes) is 2. The summed E-state index contributed by atoms with van der Waals surface area (Å²) in [5, 5.41) is 0. The van der Waals surface area contributed by atoms with E-state index in [4.69, 9.17) is 9.31 Å². The molecular formula is C11H21BO2. The van der Waals surface area contributed by atoms with Gasteiger partial charge in [0.2, 0.25) is 0 Å². The second-order valence-corrected chi connectivity index (χ2v) is 4.62. The molecule has 2 rings (SSSR count). The van der Waals surface area contributed by atoms with Gasteiger partial charge in [0.15, 0.2) is 0 Å². The highest BCUT2D eigenvalue weighted by molar-refractivity contribution is 6.47. The highest BCUT2D eigenvalue weighted by atomic mass is 16.6. The molecule has 0 N–H and O–H groups in total. The lowest BCUT2D eigenvalue weighted by Gasteiger charge is -2.19. The van der Waals surface area contributed by atoms with Gasteiger partial charge < -0.3 is 9.31 Å². The van der Waals surface area contributed by atoms with Gasteiger partial charge in [-0.25, -0.2) is 0 Å². The van der Waals surface area contributed by atoms with Gasteiger partial charge in [-0.2, -0.15) is 0 Å². The molecule has 2 aliphatic rings. The molecule has 0 bridgehead atoms. The normalized spacial score (nSPS) is 31.9. The third-order valence-electron chi connectivity index (χ3n) is 3.36. The first-order valence-corrected chi connectivity index (χ1v) is 6.15. The van der Waals surface area contributed by atoms with Crippen LogP contribution in [0.3, 0.4) is 0 Å². The summed E-state index contributed by atoms with van der Waals surface area (Å²) in [5.74, 6) is 1.64. The first-order valence-electron chi connectivity index (χ1n) is 6.15. The maximum atomic E-state index is 5.62. The van der Waals surface area contributed by atoms with Crippen LogP contribution >= 0.6 is 0 Å². The smallest absolute Gasteiger partial charge is 0.411 e. The molecule has 1 aliphatic carbocycles. The molecule has 0 amide bonds. The van der Waals surface area contributed by atoms with Crippen molar-refractivity contribution in [3.63, 3.8) is 0 Å². The van der Waals surface area contributed by atoms with Gasteiger partial charge in [0, 0.05) is 13.2 Å². The number of hydrogen-bond acceptors (Lipinski definition) is 2. The van der Waals surface area contributed by atoms with E-state index in [-0.39, 0.29) is 7.12 Å². The van der Waals surface area contributed by atoms with Crippen molar-refractivity contribution in [2.45, 2.75) is 51.3 Å². The zero-order valence-electron chi connectivity index (χ0n) is 9.21. The lowest BCUT2D eigenvalue weighted by Crippen LogP contribution is -2.30. The molecule has 1 aliphatic heterocycles. The van der Waals surface area contributed by atoms with E-state index in [1.807, 2.05) is 0 Å². The molecule has 1 saturated carbocycles. The molecule has 2 nitrogen and oxygen atoms in total. The molecule has 0 aromatic rings. The summed E-state index contributed by atoms with van der Waals surface area (Å²) in [4.78, 5) is 0. The molecule has 0 aromatic heterocycles. The van der Waals surface area contributed by atoms with E-state index in [1.54, 1.807) is 0 Å². The van der Waals surface area contributed by atoms with Crippen LogP contribution in [0.2, 0.25) is 5.82 Å². The second-order valence-electron chi connectivity index (χ2n) is 4.62. The summed E-state index contributed by atoms with van der Waals surface area (Å²) < 4.78 is 11.2. The predicted molar refractivity (Wildman–Crippen MR) is 58.3 cm³/mol. The lowest BCUT2D eigenvalue weighted by molar-refractivity contribution is 0.132. The minimum atomic E-state index is 0.148. The van der Waals surface area contributed by atoms with Crippen LogP contribution in [0.25, 0.3) is 0 Å². The van der Waals surface area contributed by atoms with Crippen LogP contribution in [0.15, 0.2) is 0 Å². The molecule has 0 spiro atoms. The van der Waals surface area contributed by atoms with Gasteiger partial charge in [0.1, 0.15) is 0 Å². The van der Waals surface area contributed by atoms with Crippen molar-refractivity contribution < 1.29 is 9.31 Å². The Bertz CT molecular complexity index is 169. The third kappa shape index (κ3) is 2.74. The second kappa shape index (κ2) is 5.17. The van der Waals surface area contributed by atoms with E-state index in [0.717, 1.165) is 31.4 Å². The molecule has 2 atom stereocenters. The predicted octanol–water partition coefficient (Wildman–Crippen LogP) is 2.88. The van der Waals surface area contributed by atoms with Gasteiger partial charge in [0.05, 0.1) is 0 Å². The highest BCUT2D eigenvalue weighted by Crippen LogP contribution is 2.51. The number of rotatable bonds is 5. The van der Waals surface area contributed by atoms with Crippen molar-refractivity contribution in [1.29, 1.82) is 0 Å². The van der Waals surface area contributed by atoms with E-state index in [2.05, 4.69) is 6.92 Å². The van der Waals surface area contributed by atoms with Crippen molar-refractivity contribution in [2.24, 2.45) is 5.92 Å². The van der Waals surface area contributed by atoms with Gasteiger partial charge in [-0.15, -0.1) is 0 Å². The van der Waals surface area contributed by atoms with Crippen molar-refractivity contribution in [2.75, 3.05) is 13.2 Å². The Morgan fingerprint density at radius 2 is 2.00 bits per heavy atom. The van der Waals surface area contributed by atoms with Gasteiger partial charge in [-0.1, -0.05) is 32.6 Å². The summed E-state index contributed by atoms with van der Waals surface area (Å²) in [5.41, 5.74) is 0. The molecule has 3 heteroatoms. The van der Waals surface area contributed by atoms with Gasteiger partial charge >= 0.3 is 7.12 Å². The fourth-order valence-electron chi connectivity index (χ4n) is 2.35. The molecule has 2 fully saturated rings. The zero-order valence-corrected chi connectivity index (χ0v) is 9.21. The van der Waals surface area contributed by atoms with Crippen molar-refractivity contribution in [1.82, 2.24) is 0 Å². The summed E-state index contributed by atoms with van der Waals surface area (Å²) in [6.07, 6.45) is 7.91. The first-order chi connectivity index (χ1) is 6.92. The summed E-state index contributed by atoms with van der Waals surface area (Å²) in [6, 6.07) is 0. The van der Waals surface area contributed by atoms with Crippen molar-refractivity contribution in [3.8, 4) is 0 Å². The maximum Gasteiger partial charge on any atom is 0.460 e. The molecule has 1 saturated heterocycles. The van der Waals surface area contributed by atoms with Crippen LogP contribution in [-0.2, 0) is 9.31 Å². The fraction of sp³-hybridized carbons (Fsp3) is 1.00. The van der Waals surface area contributed by atoms with Crippen molar-refractivity contribution in [3.05, 3.63) is 0 Å². The number of hydrogen-bond donors (Lipinski definition) is 0. The minimum absolute atomic E-state index is 0.148. The van der Waals surface area contributed by atoms with Crippen LogP contribution in [0.4, 0.5) is 0 Å². The van der Waals surface area contributed by atoms with Crippen molar-refractivity contribution >= 4 is 7.12 Å². The summed E-state index contributed by atoms with van der Waals surface area (Å²) >= 11 is 0. The summed E-state index contributed by atoms with van der Waals surface area (Å²) in [7, 11) is 0.148. The molecule has 0 radical (unpaired) electrons. The minimum Gasteiger partial charge on any atom is -0.411 e. The molecular weight excluding hydrogens is 175 g/mol. The Hall–Kier alpha value is -0.0151. The lowest BCUT2D eigenvalue weighted by atomic mass is 9.79. The average Bonchev–Trinajstić information content (AvgIpc) is 2.99. The molecule has 0 unspecified atom stereocenters. The van der Waals surface area contributed by atoms with E-state index < -0.39 is 0 Å². The maximum absolute atomic E-state index is 5.62. The van der Waals surface area contributed by atoms with E-state index in [0.29, 0.717) is 0 Å². The zero-order chi connectivity index (χ0) is 9.80. The van der Waals surface area contributed by atoms with Crippen LogP contribution < -0.4 is 0 Å². The van der Waals surface area contributed by atoms with Gasteiger partial charge in [0.25, 0.3) is 0 Å². The third-order valence-corrected chi connectivity index (χ3v) is 3.36. The Morgan fingerprint density at radius 1 is 1.21 bits per heavy atom. The van der Waals surface area contributed by atoms with Crippen LogP contribution in [-0.4, -0.2) is 20.3 Å². The molecule has 80 valence electrons.